The van der Waals surface area contributed by atoms with E-state index in [-0.39, 0.29) is 0 Å². The number of hydrogen-bond acceptors (Lipinski definition) is 4. The topological polar surface area (TPSA) is 35.0 Å². The van der Waals surface area contributed by atoms with Crippen LogP contribution in [0.5, 0.6) is 5.75 Å². The Morgan fingerprint density at radius 3 is 2.60 bits per heavy atom. The molecule has 0 atom stereocenters. The van der Waals surface area contributed by atoms with Gasteiger partial charge in [-0.3, -0.25) is 0 Å². The van der Waals surface area contributed by atoms with E-state index in [9.17, 15) is 0 Å². The summed E-state index contributed by atoms with van der Waals surface area (Å²) in [6, 6.07) is 7.82. The van der Waals surface area contributed by atoms with Gasteiger partial charge in [-0.25, -0.2) is 0 Å². The Morgan fingerprint density at radius 1 is 1.27 bits per heavy atom. The van der Waals surface area contributed by atoms with Crippen molar-refractivity contribution >= 4 is 45.5 Å². The van der Waals surface area contributed by atoms with Crippen molar-refractivity contribution in [2.45, 2.75) is 6.61 Å². The molecule has 6 heteroatoms. The summed E-state index contributed by atoms with van der Waals surface area (Å²) in [5, 5.41) is 8.33. The zero-order chi connectivity index (χ0) is 10.7. The van der Waals surface area contributed by atoms with Crippen LogP contribution in [0.2, 0.25) is 4.47 Å². The van der Waals surface area contributed by atoms with Crippen LogP contribution in [-0.4, -0.2) is 10.2 Å². The number of aromatic nitrogens is 2. The maximum atomic E-state index is 5.65. The van der Waals surface area contributed by atoms with Gasteiger partial charge in [0, 0.05) is 3.57 Å². The molecule has 1 aromatic carbocycles. The molecule has 78 valence electrons. The van der Waals surface area contributed by atoms with Gasteiger partial charge in [-0.1, -0.05) is 11.3 Å². The molecule has 0 fully saturated rings. The molecule has 0 radical (unpaired) electrons. The van der Waals surface area contributed by atoms with Crippen molar-refractivity contribution in [2.24, 2.45) is 0 Å². The molecule has 1 heterocycles. The predicted molar refractivity (Wildman–Crippen MR) is 68.4 cm³/mol. The highest BCUT2D eigenvalue weighted by atomic mass is 127. The molecule has 1 aromatic heterocycles. The molecular weight excluding hydrogens is 347 g/mol. The number of hydrogen-bond donors (Lipinski definition) is 0. The monoisotopic (exact) mass is 352 g/mol. The highest BCUT2D eigenvalue weighted by Crippen LogP contribution is 2.18. The first-order valence-electron chi connectivity index (χ1n) is 4.10. The van der Waals surface area contributed by atoms with Gasteiger partial charge in [-0.2, -0.15) is 0 Å². The zero-order valence-corrected chi connectivity index (χ0v) is 11.2. The summed E-state index contributed by atoms with van der Waals surface area (Å²) in [5.41, 5.74) is 0. The minimum absolute atomic E-state index is 0.408. The Morgan fingerprint density at radius 2 is 2.00 bits per heavy atom. The van der Waals surface area contributed by atoms with Gasteiger partial charge in [-0.15, -0.1) is 10.2 Å². The summed E-state index contributed by atoms with van der Waals surface area (Å²) in [4.78, 5) is 0. The smallest absolute Gasteiger partial charge is 0.207 e. The third kappa shape index (κ3) is 3.29. The number of rotatable bonds is 3. The van der Waals surface area contributed by atoms with Gasteiger partial charge < -0.3 is 4.74 Å². The Hall–Kier alpha value is -0.400. The molecule has 0 spiro atoms. The molecule has 0 bridgehead atoms. The molecule has 2 rings (SSSR count). The molecule has 3 nitrogen and oxygen atoms in total. The van der Waals surface area contributed by atoms with E-state index in [4.69, 9.17) is 16.3 Å². The van der Waals surface area contributed by atoms with Crippen LogP contribution in [0.15, 0.2) is 24.3 Å². The molecule has 15 heavy (non-hydrogen) atoms. The number of benzene rings is 1. The number of ether oxygens (including phenoxy) is 1. The SMILES string of the molecule is Clc1nnc(COc2ccc(I)cc2)s1. The minimum Gasteiger partial charge on any atom is -0.486 e. The third-order valence-corrected chi connectivity index (χ3v) is 3.33. The van der Waals surface area contributed by atoms with Crippen molar-refractivity contribution in [3.63, 3.8) is 0 Å². The van der Waals surface area contributed by atoms with E-state index in [0.717, 1.165) is 10.8 Å². The van der Waals surface area contributed by atoms with E-state index in [1.165, 1.54) is 14.9 Å². The fourth-order valence-electron chi connectivity index (χ4n) is 0.967. The Bertz CT molecular complexity index is 446. The zero-order valence-electron chi connectivity index (χ0n) is 7.48. The lowest BCUT2D eigenvalue weighted by molar-refractivity contribution is 0.304. The van der Waals surface area contributed by atoms with Crippen LogP contribution >= 0.6 is 45.5 Å². The van der Waals surface area contributed by atoms with Crippen LogP contribution in [0.4, 0.5) is 0 Å². The summed E-state index contributed by atoms with van der Waals surface area (Å²) < 4.78 is 7.13. The summed E-state index contributed by atoms with van der Waals surface area (Å²) >= 11 is 9.22. The largest absolute Gasteiger partial charge is 0.486 e. The number of nitrogens with zero attached hydrogens (tertiary/aromatic N) is 2. The summed E-state index contributed by atoms with van der Waals surface area (Å²) in [6.45, 7) is 0.408. The first-order valence-corrected chi connectivity index (χ1v) is 6.37. The Balaban J connectivity index is 1.96. The first-order chi connectivity index (χ1) is 7.24. The van der Waals surface area contributed by atoms with Crippen LogP contribution in [0.1, 0.15) is 5.01 Å². The van der Waals surface area contributed by atoms with Crippen LogP contribution in [-0.2, 0) is 6.61 Å². The second-order valence-corrected chi connectivity index (χ2v) is 5.58. The molecule has 0 aliphatic heterocycles. The van der Waals surface area contributed by atoms with Crippen molar-refractivity contribution in [1.29, 1.82) is 0 Å². The van der Waals surface area contributed by atoms with Gasteiger partial charge in [0.1, 0.15) is 12.4 Å². The van der Waals surface area contributed by atoms with Crippen LogP contribution < -0.4 is 4.74 Å². The average molecular weight is 353 g/mol. The maximum absolute atomic E-state index is 5.65. The highest BCUT2D eigenvalue weighted by molar-refractivity contribution is 14.1. The summed E-state index contributed by atoms with van der Waals surface area (Å²) in [7, 11) is 0. The molecule has 0 aliphatic carbocycles. The van der Waals surface area contributed by atoms with Crippen molar-refractivity contribution in [3.05, 3.63) is 37.3 Å². The van der Waals surface area contributed by atoms with Gasteiger partial charge >= 0.3 is 0 Å². The van der Waals surface area contributed by atoms with Gasteiger partial charge in [0.25, 0.3) is 0 Å². The highest BCUT2D eigenvalue weighted by Gasteiger charge is 2.02. The molecule has 0 saturated heterocycles. The van der Waals surface area contributed by atoms with E-state index in [1.807, 2.05) is 24.3 Å². The van der Waals surface area contributed by atoms with Crippen LogP contribution in [0.25, 0.3) is 0 Å². The van der Waals surface area contributed by atoms with Gasteiger partial charge in [-0.05, 0) is 58.5 Å². The maximum Gasteiger partial charge on any atom is 0.207 e. The molecule has 0 saturated carbocycles. The second-order valence-electron chi connectivity index (χ2n) is 2.69. The molecule has 0 aliphatic rings. The van der Waals surface area contributed by atoms with E-state index < -0.39 is 0 Å². The lowest BCUT2D eigenvalue weighted by atomic mass is 10.3. The fourth-order valence-corrected chi connectivity index (χ4v) is 2.11. The van der Waals surface area contributed by atoms with E-state index in [2.05, 4.69) is 32.8 Å². The van der Waals surface area contributed by atoms with Crippen molar-refractivity contribution < 1.29 is 4.74 Å². The van der Waals surface area contributed by atoms with Crippen molar-refractivity contribution in [2.75, 3.05) is 0 Å². The Labute approximate surface area is 110 Å². The molecule has 0 amide bonds. The minimum atomic E-state index is 0.408. The normalized spacial score (nSPS) is 10.3. The van der Waals surface area contributed by atoms with Gasteiger partial charge in [0.05, 0.1) is 0 Å². The molecular formula is C9H6ClIN2OS. The second kappa shape index (κ2) is 5.09. The molecule has 0 unspecified atom stereocenters. The average Bonchev–Trinajstić information content (AvgIpc) is 2.64. The fraction of sp³-hybridized carbons (Fsp3) is 0.111. The molecule has 2 aromatic rings. The van der Waals surface area contributed by atoms with Crippen molar-refractivity contribution in [1.82, 2.24) is 10.2 Å². The molecule has 0 N–H and O–H groups in total. The standard InChI is InChI=1S/C9H6ClIN2OS/c10-9-13-12-8(15-9)5-14-7-3-1-6(11)2-4-7/h1-4H,5H2. The number of halogens is 2. The van der Waals surface area contributed by atoms with Crippen molar-refractivity contribution in [3.8, 4) is 5.75 Å². The Kier molecular flexibility index (Phi) is 3.76. The van der Waals surface area contributed by atoms with Crippen LogP contribution in [0, 0.1) is 3.57 Å². The lowest BCUT2D eigenvalue weighted by Crippen LogP contribution is -1.94. The van der Waals surface area contributed by atoms with Gasteiger partial charge in [0.2, 0.25) is 4.47 Å². The predicted octanol–water partition coefficient (Wildman–Crippen LogP) is 3.38. The van der Waals surface area contributed by atoms with E-state index in [1.54, 1.807) is 0 Å². The quantitative estimate of drug-likeness (QED) is 0.795. The van der Waals surface area contributed by atoms with Crippen LogP contribution in [0.3, 0.4) is 0 Å². The van der Waals surface area contributed by atoms with E-state index >= 15 is 0 Å². The summed E-state index contributed by atoms with van der Waals surface area (Å²) in [5.74, 6) is 0.821. The first kappa shape index (κ1) is 11.1. The summed E-state index contributed by atoms with van der Waals surface area (Å²) in [6.07, 6.45) is 0. The third-order valence-electron chi connectivity index (χ3n) is 1.62. The van der Waals surface area contributed by atoms with Gasteiger partial charge in [0.15, 0.2) is 5.01 Å². The lowest BCUT2D eigenvalue weighted by Gasteiger charge is -2.02. The van der Waals surface area contributed by atoms with E-state index in [0.29, 0.717) is 11.1 Å².